The lowest BCUT2D eigenvalue weighted by molar-refractivity contribution is -0.137. The van der Waals surface area contributed by atoms with Crippen LogP contribution in [0.3, 0.4) is 0 Å². The number of anilines is 1. The minimum absolute atomic E-state index is 0.0432. The molecule has 0 unspecified atom stereocenters. The standard InChI is InChI=1S/C15H11ClF4N2O/c16-13-6-5-11(7-12(13)15(18,19)20)22-14(23)21-8-9-1-3-10(17)4-2-9/h1-7H,8H2,(H2,21,22,23). The molecule has 0 aliphatic rings. The van der Waals surface area contributed by atoms with E-state index in [1.54, 1.807) is 0 Å². The fraction of sp³-hybridized carbons (Fsp3) is 0.133. The minimum Gasteiger partial charge on any atom is -0.334 e. The molecule has 0 spiro atoms. The van der Waals surface area contributed by atoms with E-state index in [2.05, 4.69) is 10.6 Å². The molecule has 2 aromatic carbocycles. The number of amides is 2. The minimum atomic E-state index is -4.61. The average molecular weight is 347 g/mol. The van der Waals surface area contributed by atoms with Crippen LogP contribution in [0.1, 0.15) is 11.1 Å². The van der Waals surface area contributed by atoms with E-state index < -0.39 is 28.6 Å². The van der Waals surface area contributed by atoms with Crippen LogP contribution in [0.5, 0.6) is 0 Å². The highest BCUT2D eigenvalue weighted by molar-refractivity contribution is 6.31. The zero-order valence-corrected chi connectivity index (χ0v) is 12.3. The second-order valence-electron chi connectivity index (χ2n) is 4.63. The number of alkyl halides is 3. The van der Waals surface area contributed by atoms with Crippen molar-refractivity contribution < 1.29 is 22.4 Å². The first-order valence-corrected chi connectivity index (χ1v) is 6.79. The van der Waals surface area contributed by atoms with Crippen LogP contribution in [0, 0.1) is 5.82 Å². The zero-order chi connectivity index (χ0) is 17.0. The van der Waals surface area contributed by atoms with Crippen LogP contribution >= 0.6 is 11.6 Å². The molecule has 8 heteroatoms. The Balaban J connectivity index is 1.99. The molecule has 0 radical (unpaired) electrons. The number of hydrogen-bond acceptors (Lipinski definition) is 1. The molecule has 0 aliphatic heterocycles. The van der Waals surface area contributed by atoms with Gasteiger partial charge in [-0.1, -0.05) is 23.7 Å². The van der Waals surface area contributed by atoms with E-state index in [4.69, 9.17) is 11.6 Å². The van der Waals surface area contributed by atoms with Crippen molar-refractivity contribution in [2.24, 2.45) is 0 Å². The van der Waals surface area contributed by atoms with Crippen molar-refractivity contribution in [3.8, 4) is 0 Å². The Labute approximate surface area is 134 Å². The molecule has 2 N–H and O–H groups in total. The summed E-state index contributed by atoms with van der Waals surface area (Å²) in [6, 6.07) is 7.83. The summed E-state index contributed by atoms with van der Waals surface area (Å²) in [5.74, 6) is -0.404. The van der Waals surface area contributed by atoms with Crippen molar-refractivity contribution in [1.82, 2.24) is 5.32 Å². The van der Waals surface area contributed by atoms with E-state index in [1.165, 1.54) is 30.3 Å². The molecule has 23 heavy (non-hydrogen) atoms. The van der Waals surface area contributed by atoms with E-state index in [0.29, 0.717) is 5.56 Å². The summed E-state index contributed by atoms with van der Waals surface area (Å²) in [6.07, 6.45) is -4.61. The molecule has 0 fully saturated rings. The number of halogens is 5. The predicted molar refractivity (Wildman–Crippen MR) is 78.7 cm³/mol. The van der Waals surface area contributed by atoms with E-state index in [1.807, 2.05) is 0 Å². The van der Waals surface area contributed by atoms with Gasteiger partial charge in [-0.3, -0.25) is 0 Å². The summed E-state index contributed by atoms with van der Waals surface area (Å²) in [6.45, 7) is 0.103. The first-order chi connectivity index (χ1) is 10.8. The van der Waals surface area contributed by atoms with Gasteiger partial charge in [-0.05, 0) is 35.9 Å². The highest BCUT2D eigenvalue weighted by Crippen LogP contribution is 2.36. The second kappa shape index (κ2) is 6.87. The van der Waals surface area contributed by atoms with E-state index in [9.17, 15) is 22.4 Å². The fourth-order valence-electron chi connectivity index (χ4n) is 1.78. The lowest BCUT2D eigenvalue weighted by atomic mass is 10.2. The first kappa shape index (κ1) is 17.1. The Morgan fingerprint density at radius 2 is 1.74 bits per heavy atom. The van der Waals surface area contributed by atoms with E-state index in [-0.39, 0.29) is 12.2 Å². The summed E-state index contributed by atoms with van der Waals surface area (Å²) in [7, 11) is 0. The van der Waals surface area contributed by atoms with Gasteiger partial charge in [0.15, 0.2) is 0 Å². The molecule has 0 saturated carbocycles. The summed E-state index contributed by atoms with van der Waals surface area (Å²) < 4.78 is 50.9. The van der Waals surface area contributed by atoms with Gasteiger partial charge in [0.25, 0.3) is 0 Å². The Morgan fingerprint density at radius 3 is 2.35 bits per heavy atom. The smallest absolute Gasteiger partial charge is 0.334 e. The fourth-order valence-corrected chi connectivity index (χ4v) is 2.00. The summed E-state index contributed by atoms with van der Waals surface area (Å²) in [4.78, 5) is 11.7. The van der Waals surface area contributed by atoms with Gasteiger partial charge in [0.2, 0.25) is 0 Å². The van der Waals surface area contributed by atoms with Crippen molar-refractivity contribution >= 4 is 23.3 Å². The van der Waals surface area contributed by atoms with Crippen LogP contribution in [0.15, 0.2) is 42.5 Å². The van der Waals surface area contributed by atoms with E-state index in [0.717, 1.165) is 12.1 Å². The Kier molecular flexibility index (Phi) is 5.10. The van der Waals surface area contributed by atoms with Crippen LogP contribution in [0.2, 0.25) is 5.02 Å². The summed E-state index contributed by atoms with van der Waals surface area (Å²) in [5, 5.41) is 4.28. The van der Waals surface area contributed by atoms with Crippen LogP contribution < -0.4 is 10.6 Å². The summed E-state index contributed by atoms with van der Waals surface area (Å²) in [5.41, 5.74) is -0.428. The molecule has 0 aliphatic carbocycles. The van der Waals surface area contributed by atoms with Gasteiger partial charge in [-0.2, -0.15) is 13.2 Å². The Hall–Kier alpha value is -2.28. The molecule has 0 aromatic heterocycles. The van der Waals surface area contributed by atoms with Crippen molar-refractivity contribution in [1.29, 1.82) is 0 Å². The van der Waals surface area contributed by atoms with Gasteiger partial charge >= 0.3 is 12.2 Å². The summed E-state index contributed by atoms with van der Waals surface area (Å²) >= 11 is 5.49. The molecular weight excluding hydrogens is 336 g/mol. The van der Waals surface area contributed by atoms with Gasteiger partial charge in [-0.15, -0.1) is 0 Å². The average Bonchev–Trinajstić information content (AvgIpc) is 2.47. The van der Waals surface area contributed by atoms with Crippen molar-refractivity contribution in [3.63, 3.8) is 0 Å². The third-order valence-corrected chi connectivity index (χ3v) is 3.23. The molecule has 0 bridgehead atoms. The second-order valence-corrected chi connectivity index (χ2v) is 5.03. The van der Waals surface area contributed by atoms with Gasteiger partial charge in [0.1, 0.15) is 5.82 Å². The normalized spacial score (nSPS) is 11.2. The van der Waals surface area contributed by atoms with Gasteiger partial charge < -0.3 is 10.6 Å². The Morgan fingerprint density at radius 1 is 1.09 bits per heavy atom. The molecule has 0 saturated heterocycles. The molecule has 3 nitrogen and oxygen atoms in total. The number of rotatable bonds is 3. The molecular formula is C15H11ClF4N2O. The van der Waals surface area contributed by atoms with Crippen LogP contribution in [-0.4, -0.2) is 6.03 Å². The van der Waals surface area contributed by atoms with Crippen LogP contribution in [-0.2, 0) is 12.7 Å². The predicted octanol–water partition coefficient (Wildman–Crippen LogP) is 4.82. The quantitative estimate of drug-likeness (QED) is 0.769. The first-order valence-electron chi connectivity index (χ1n) is 6.42. The zero-order valence-electron chi connectivity index (χ0n) is 11.5. The number of hydrogen-bond donors (Lipinski definition) is 2. The molecule has 122 valence electrons. The molecule has 2 rings (SSSR count). The highest BCUT2D eigenvalue weighted by atomic mass is 35.5. The third kappa shape index (κ3) is 4.85. The number of urea groups is 1. The van der Waals surface area contributed by atoms with Gasteiger partial charge in [0, 0.05) is 12.2 Å². The van der Waals surface area contributed by atoms with Crippen LogP contribution in [0.25, 0.3) is 0 Å². The number of benzene rings is 2. The Bertz CT molecular complexity index is 702. The maximum atomic E-state index is 12.7. The van der Waals surface area contributed by atoms with Gasteiger partial charge in [0.05, 0.1) is 10.6 Å². The van der Waals surface area contributed by atoms with Crippen molar-refractivity contribution in [2.75, 3.05) is 5.32 Å². The highest BCUT2D eigenvalue weighted by Gasteiger charge is 2.33. The largest absolute Gasteiger partial charge is 0.417 e. The number of carbonyl (C=O) groups is 1. The monoisotopic (exact) mass is 346 g/mol. The molecule has 2 amide bonds. The van der Waals surface area contributed by atoms with Crippen LogP contribution in [0.4, 0.5) is 28.0 Å². The lowest BCUT2D eigenvalue weighted by Gasteiger charge is -2.12. The number of carbonyl (C=O) groups excluding carboxylic acids is 1. The lowest BCUT2D eigenvalue weighted by Crippen LogP contribution is -2.28. The molecule has 0 heterocycles. The molecule has 0 atom stereocenters. The maximum Gasteiger partial charge on any atom is 0.417 e. The van der Waals surface area contributed by atoms with Gasteiger partial charge in [-0.25, -0.2) is 9.18 Å². The SMILES string of the molecule is O=C(NCc1ccc(F)cc1)Nc1ccc(Cl)c(C(F)(F)F)c1. The number of nitrogens with one attached hydrogen (secondary N) is 2. The topological polar surface area (TPSA) is 41.1 Å². The van der Waals surface area contributed by atoms with Crippen molar-refractivity contribution in [2.45, 2.75) is 12.7 Å². The molecule has 2 aromatic rings. The van der Waals surface area contributed by atoms with E-state index >= 15 is 0 Å². The van der Waals surface area contributed by atoms with Crippen molar-refractivity contribution in [3.05, 3.63) is 64.4 Å². The maximum absolute atomic E-state index is 12.7. The third-order valence-electron chi connectivity index (χ3n) is 2.90.